The monoisotopic (exact) mass is 292 g/mol. The van der Waals surface area contributed by atoms with E-state index in [2.05, 4.69) is 10.3 Å². The number of hydrogen-bond donors (Lipinski definition) is 2. The Morgan fingerprint density at radius 1 is 1.61 bits per heavy atom. The quantitative estimate of drug-likeness (QED) is 0.800. The molecule has 0 radical (unpaired) electrons. The zero-order valence-corrected chi connectivity index (χ0v) is 11.1. The van der Waals surface area contributed by atoms with Crippen LogP contribution in [0.25, 0.3) is 0 Å². The van der Waals surface area contributed by atoms with Crippen molar-refractivity contribution in [2.24, 2.45) is 5.92 Å². The second kappa shape index (κ2) is 5.29. The molecule has 0 spiro atoms. The SMILES string of the molecule is O=C(NCC1CCOC1)c1cc(S(=O)(=O)Cl)c[nH]1. The number of carbonyl (C=O) groups excluding carboxylic acids is 1. The Labute approximate surface area is 109 Å². The minimum Gasteiger partial charge on any atom is -0.381 e. The van der Waals surface area contributed by atoms with Gasteiger partial charge in [0.1, 0.15) is 10.6 Å². The number of H-pyrrole nitrogens is 1. The minimum absolute atomic E-state index is 0.112. The van der Waals surface area contributed by atoms with E-state index < -0.39 is 9.05 Å². The molecule has 2 N–H and O–H groups in total. The molecule has 8 heteroatoms. The van der Waals surface area contributed by atoms with Crippen LogP contribution in [-0.4, -0.2) is 39.1 Å². The van der Waals surface area contributed by atoms with Gasteiger partial charge in [0.25, 0.3) is 15.0 Å². The van der Waals surface area contributed by atoms with E-state index in [1.165, 1.54) is 12.3 Å². The number of halogens is 1. The number of aromatic nitrogens is 1. The summed E-state index contributed by atoms with van der Waals surface area (Å²) in [5.41, 5.74) is 0.174. The first-order chi connectivity index (χ1) is 8.47. The van der Waals surface area contributed by atoms with Gasteiger partial charge in [0.05, 0.1) is 6.61 Å². The maximum atomic E-state index is 11.7. The second-order valence-corrected chi connectivity index (χ2v) is 6.69. The molecule has 2 heterocycles. The van der Waals surface area contributed by atoms with Crippen molar-refractivity contribution in [3.63, 3.8) is 0 Å². The van der Waals surface area contributed by atoms with Crippen LogP contribution in [0.4, 0.5) is 0 Å². The van der Waals surface area contributed by atoms with Gasteiger partial charge in [-0.25, -0.2) is 8.42 Å². The third-order valence-electron chi connectivity index (χ3n) is 2.76. The zero-order valence-electron chi connectivity index (χ0n) is 9.48. The predicted molar refractivity (Wildman–Crippen MR) is 65.1 cm³/mol. The van der Waals surface area contributed by atoms with Crippen LogP contribution in [0.15, 0.2) is 17.2 Å². The van der Waals surface area contributed by atoms with E-state index in [0.717, 1.165) is 13.0 Å². The van der Waals surface area contributed by atoms with Crippen LogP contribution in [0.5, 0.6) is 0 Å². The summed E-state index contributed by atoms with van der Waals surface area (Å²) in [7, 11) is 1.36. The first-order valence-electron chi connectivity index (χ1n) is 5.46. The van der Waals surface area contributed by atoms with E-state index in [1.54, 1.807) is 0 Å². The molecule has 2 rings (SSSR count). The topological polar surface area (TPSA) is 88.3 Å². The summed E-state index contributed by atoms with van der Waals surface area (Å²) in [6.07, 6.45) is 2.11. The maximum absolute atomic E-state index is 11.7. The third kappa shape index (κ3) is 3.24. The molecule has 100 valence electrons. The Hall–Kier alpha value is -1.05. The molecule has 1 amide bonds. The van der Waals surface area contributed by atoms with Crippen molar-refractivity contribution in [2.75, 3.05) is 19.8 Å². The van der Waals surface area contributed by atoms with Gasteiger partial charge in [0, 0.05) is 35.9 Å². The molecule has 1 aromatic rings. The lowest BCUT2D eigenvalue weighted by molar-refractivity contribution is 0.0940. The Bertz CT molecular complexity index is 534. The zero-order chi connectivity index (χ0) is 13.2. The summed E-state index contributed by atoms with van der Waals surface area (Å²) in [6, 6.07) is 1.21. The summed E-state index contributed by atoms with van der Waals surface area (Å²) >= 11 is 0. The summed E-state index contributed by atoms with van der Waals surface area (Å²) in [5.74, 6) is -0.0337. The highest BCUT2D eigenvalue weighted by molar-refractivity contribution is 8.13. The molecule has 1 unspecified atom stereocenters. The molecule has 1 atom stereocenters. The van der Waals surface area contributed by atoms with Gasteiger partial charge in [-0.2, -0.15) is 0 Å². The van der Waals surface area contributed by atoms with E-state index in [0.29, 0.717) is 19.1 Å². The lowest BCUT2D eigenvalue weighted by atomic mass is 10.1. The van der Waals surface area contributed by atoms with Crippen LogP contribution in [0.2, 0.25) is 0 Å². The molecule has 1 aromatic heterocycles. The molecule has 1 saturated heterocycles. The van der Waals surface area contributed by atoms with Crippen molar-refractivity contribution >= 4 is 25.6 Å². The molecule has 0 bridgehead atoms. The number of amides is 1. The van der Waals surface area contributed by atoms with Crippen LogP contribution < -0.4 is 5.32 Å². The number of hydrogen-bond acceptors (Lipinski definition) is 4. The van der Waals surface area contributed by atoms with Crippen molar-refractivity contribution in [3.05, 3.63) is 18.0 Å². The molecule has 1 aliphatic rings. The molecule has 18 heavy (non-hydrogen) atoms. The highest BCUT2D eigenvalue weighted by Crippen LogP contribution is 2.16. The molecular weight excluding hydrogens is 280 g/mol. The second-order valence-electron chi connectivity index (χ2n) is 4.13. The van der Waals surface area contributed by atoms with Crippen LogP contribution in [-0.2, 0) is 13.8 Å². The molecule has 6 nitrogen and oxygen atoms in total. The first-order valence-corrected chi connectivity index (χ1v) is 7.77. The third-order valence-corrected chi connectivity index (χ3v) is 4.09. The minimum atomic E-state index is -3.81. The average molecular weight is 293 g/mol. The van der Waals surface area contributed by atoms with Crippen molar-refractivity contribution in [2.45, 2.75) is 11.3 Å². The number of carbonyl (C=O) groups is 1. The van der Waals surface area contributed by atoms with Crippen LogP contribution in [0.3, 0.4) is 0 Å². The van der Waals surface area contributed by atoms with Gasteiger partial charge in [-0.15, -0.1) is 0 Å². The van der Waals surface area contributed by atoms with Crippen molar-refractivity contribution in [1.82, 2.24) is 10.3 Å². The maximum Gasteiger partial charge on any atom is 0.267 e. The Kier molecular flexibility index (Phi) is 3.94. The van der Waals surface area contributed by atoms with Crippen molar-refractivity contribution < 1.29 is 17.9 Å². The standard InChI is InChI=1S/C10H13ClN2O4S/c11-18(15,16)8-3-9(12-5-8)10(14)13-4-7-1-2-17-6-7/h3,5,7,12H,1-2,4,6H2,(H,13,14). The van der Waals surface area contributed by atoms with Gasteiger partial charge in [-0.05, 0) is 12.5 Å². The predicted octanol–water partition coefficient (Wildman–Crippen LogP) is 0.708. The van der Waals surface area contributed by atoms with E-state index in [4.69, 9.17) is 15.4 Å². The molecule has 1 fully saturated rings. The van der Waals surface area contributed by atoms with Crippen molar-refractivity contribution in [3.8, 4) is 0 Å². The van der Waals surface area contributed by atoms with Gasteiger partial charge < -0.3 is 15.0 Å². The average Bonchev–Trinajstić information content (AvgIpc) is 2.96. The van der Waals surface area contributed by atoms with Gasteiger partial charge in [-0.3, -0.25) is 4.79 Å². The fraction of sp³-hybridized carbons (Fsp3) is 0.500. The molecule has 0 aliphatic carbocycles. The summed E-state index contributed by atoms with van der Waals surface area (Å²) in [4.78, 5) is 14.2. The Morgan fingerprint density at radius 2 is 2.39 bits per heavy atom. The van der Waals surface area contributed by atoms with Gasteiger partial charge in [-0.1, -0.05) is 0 Å². The fourth-order valence-corrected chi connectivity index (χ4v) is 2.45. The lowest BCUT2D eigenvalue weighted by Crippen LogP contribution is -2.29. The molecule has 0 saturated carbocycles. The summed E-state index contributed by atoms with van der Waals surface area (Å²) in [6.45, 7) is 1.88. The Morgan fingerprint density at radius 3 is 2.94 bits per heavy atom. The summed E-state index contributed by atoms with van der Waals surface area (Å²) in [5, 5.41) is 2.72. The Balaban J connectivity index is 1.94. The van der Waals surface area contributed by atoms with Gasteiger partial charge >= 0.3 is 0 Å². The smallest absolute Gasteiger partial charge is 0.267 e. The van der Waals surface area contributed by atoms with Crippen LogP contribution in [0.1, 0.15) is 16.9 Å². The first kappa shape index (κ1) is 13.4. The lowest BCUT2D eigenvalue weighted by Gasteiger charge is -2.08. The van der Waals surface area contributed by atoms with Crippen LogP contribution >= 0.6 is 10.7 Å². The van der Waals surface area contributed by atoms with E-state index in [-0.39, 0.29) is 16.5 Å². The normalized spacial score (nSPS) is 19.9. The number of ether oxygens (including phenoxy) is 1. The van der Waals surface area contributed by atoms with Gasteiger partial charge in [0.15, 0.2) is 0 Å². The molecular formula is C10H13ClN2O4S. The highest BCUT2D eigenvalue weighted by Gasteiger charge is 2.19. The summed E-state index contributed by atoms with van der Waals surface area (Å²) < 4.78 is 27.3. The number of aromatic amines is 1. The number of rotatable bonds is 4. The molecule has 0 aromatic carbocycles. The van der Waals surface area contributed by atoms with E-state index in [9.17, 15) is 13.2 Å². The number of nitrogens with one attached hydrogen (secondary N) is 2. The largest absolute Gasteiger partial charge is 0.381 e. The van der Waals surface area contributed by atoms with Crippen LogP contribution in [0, 0.1) is 5.92 Å². The van der Waals surface area contributed by atoms with Gasteiger partial charge in [0.2, 0.25) is 0 Å². The van der Waals surface area contributed by atoms with E-state index in [1.807, 2.05) is 0 Å². The van der Waals surface area contributed by atoms with E-state index >= 15 is 0 Å². The molecule has 1 aliphatic heterocycles. The highest BCUT2D eigenvalue weighted by atomic mass is 35.7. The van der Waals surface area contributed by atoms with Crippen molar-refractivity contribution in [1.29, 1.82) is 0 Å². The fourth-order valence-electron chi connectivity index (χ4n) is 1.72.